The summed E-state index contributed by atoms with van der Waals surface area (Å²) in [6.07, 6.45) is -0.544. The molecule has 0 bridgehead atoms. The van der Waals surface area contributed by atoms with Crippen molar-refractivity contribution >= 4 is 41.0 Å². The summed E-state index contributed by atoms with van der Waals surface area (Å²) >= 11 is 11.7. The summed E-state index contributed by atoms with van der Waals surface area (Å²) < 4.78 is 5.51. The first-order chi connectivity index (χ1) is 10.4. The molecule has 2 rings (SSSR count). The van der Waals surface area contributed by atoms with Gasteiger partial charge in [0, 0.05) is 18.9 Å². The molecule has 0 radical (unpaired) electrons. The Balaban J connectivity index is 1.87. The highest BCUT2D eigenvalue weighted by Crippen LogP contribution is 2.27. The summed E-state index contributed by atoms with van der Waals surface area (Å²) in [7, 11) is 0. The highest BCUT2D eigenvalue weighted by Gasteiger charge is 2.33. The van der Waals surface area contributed by atoms with Crippen LogP contribution in [0.4, 0.5) is 0 Å². The number of halogens is 2. The zero-order valence-electron chi connectivity index (χ0n) is 11.7. The van der Waals surface area contributed by atoms with Gasteiger partial charge in [-0.2, -0.15) is 0 Å². The summed E-state index contributed by atoms with van der Waals surface area (Å²) in [5.74, 6) is -1.31. The molecule has 1 atom stereocenters. The van der Waals surface area contributed by atoms with Gasteiger partial charge in [0.25, 0.3) is 11.8 Å². The predicted molar refractivity (Wildman–Crippen MR) is 78.3 cm³/mol. The number of hydroxylamine groups is 2. The number of hydrogen-bond donors (Lipinski definition) is 0. The molecular formula is C14H13Cl2NO5. The van der Waals surface area contributed by atoms with Gasteiger partial charge in [-0.1, -0.05) is 23.2 Å². The lowest BCUT2D eigenvalue weighted by molar-refractivity contribution is -0.198. The van der Waals surface area contributed by atoms with Crippen LogP contribution >= 0.6 is 23.2 Å². The SMILES string of the molecule is C[C@@H](CC(=O)ON1C(=O)CCC1=O)Oc1ccc(Cl)c(Cl)c1. The monoisotopic (exact) mass is 345 g/mol. The van der Waals surface area contributed by atoms with Gasteiger partial charge in [-0.3, -0.25) is 9.59 Å². The van der Waals surface area contributed by atoms with E-state index >= 15 is 0 Å². The van der Waals surface area contributed by atoms with Crippen LogP contribution in [0.1, 0.15) is 26.2 Å². The van der Waals surface area contributed by atoms with Crippen LogP contribution in [-0.2, 0) is 19.2 Å². The molecule has 0 spiro atoms. The Labute approximate surface area is 136 Å². The molecule has 22 heavy (non-hydrogen) atoms. The van der Waals surface area contributed by atoms with Gasteiger partial charge >= 0.3 is 5.97 Å². The lowest BCUT2D eigenvalue weighted by Gasteiger charge is -2.16. The number of nitrogens with zero attached hydrogens (tertiary/aromatic N) is 1. The fourth-order valence-corrected chi connectivity index (χ4v) is 2.14. The number of rotatable bonds is 5. The maximum Gasteiger partial charge on any atom is 0.336 e. The molecule has 8 heteroatoms. The summed E-state index contributed by atoms with van der Waals surface area (Å²) in [4.78, 5) is 39.1. The van der Waals surface area contributed by atoms with Crippen LogP contribution in [0.25, 0.3) is 0 Å². The van der Waals surface area contributed by atoms with E-state index in [1.807, 2.05) is 0 Å². The van der Waals surface area contributed by atoms with Gasteiger partial charge in [0.15, 0.2) is 0 Å². The Bertz CT molecular complexity index is 603. The Morgan fingerprint density at radius 3 is 2.45 bits per heavy atom. The van der Waals surface area contributed by atoms with Gasteiger partial charge in [0.1, 0.15) is 11.9 Å². The average molecular weight is 346 g/mol. The third-order valence-electron chi connectivity index (χ3n) is 2.88. The fraction of sp³-hybridized carbons (Fsp3) is 0.357. The van der Waals surface area contributed by atoms with Gasteiger partial charge < -0.3 is 9.57 Å². The minimum atomic E-state index is -0.726. The normalized spacial score (nSPS) is 15.9. The first kappa shape index (κ1) is 16.6. The van der Waals surface area contributed by atoms with Crippen molar-refractivity contribution in [2.75, 3.05) is 0 Å². The smallest absolute Gasteiger partial charge is 0.336 e. The highest BCUT2D eigenvalue weighted by atomic mass is 35.5. The van der Waals surface area contributed by atoms with Crippen LogP contribution in [0.3, 0.4) is 0 Å². The molecule has 0 aromatic heterocycles. The first-order valence-electron chi connectivity index (χ1n) is 6.55. The number of hydrogen-bond acceptors (Lipinski definition) is 5. The third-order valence-corrected chi connectivity index (χ3v) is 3.62. The maximum absolute atomic E-state index is 11.7. The summed E-state index contributed by atoms with van der Waals surface area (Å²) in [6.45, 7) is 1.65. The molecule has 1 heterocycles. The number of ether oxygens (including phenoxy) is 1. The average Bonchev–Trinajstić information content (AvgIpc) is 2.74. The molecule has 118 valence electrons. The Kier molecular flexibility index (Phi) is 5.26. The number of carbonyl (C=O) groups is 3. The lowest BCUT2D eigenvalue weighted by atomic mass is 10.3. The van der Waals surface area contributed by atoms with Crippen LogP contribution in [0, 0.1) is 0 Å². The van der Waals surface area contributed by atoms with Crippen molar-refractivity contribution in [2.45, 2.75) is 32.3 Å². The van der Waals surface area contributed by atoms with E-state index in [2.05, 4.69) is 0 Å². The van der Waals surface area contributed by atoms with Crippen molar-refractivity contribution in [3.05, 3.63) is 28.2 Å². The molecule has 0 unspecified atom stereocenters. The number of benzene rings is 1. The van der Waals surface area contributed by atoms with Crippen molar-refractivity contribution in [1.82, 2.24) is 5.06 Å². The minimum absolute atomic E-state index is 0.0570. The number of imide groups is 1. The molecule has 1 aromatic carbocycles. The van der Waals surface area contributed by atoms with Crippen molar-refractivity contribution in [1.29, 1.82) is 0 Å². The minimum Gasteiger partial charge on any atom is -0.490 e. The van der Waals surface area contributed by atoms with E-state index in [1.54, 1.807) is 19.1 Å². The van der Waals surface area contributed by atoms with Crippen LogP contribution in [0.2, 0.25) is 10.0 Å². The third kappa shape index (κ3) is 4.11. The van der Waals surface area contributed by atoms with E-state index in [0.29, 0.717) is 20.9 Å². The molecule has 6 nitrogen and oxygen atoms in total. The van der Waals surface area contributed by atoms with Gasteiger partial charge in [0.2, 0.25) is 0 Å². The highest BCUT2D eigenvalue weighted by molar-refractivity contribution is 6.42. The zero-order chi connectivity index (χ0) is 16.3. The summed E-state index contributed by atoms with van der Waals surface area (Å²) in [6, 6.07) is 4.72. The Morgan fingerprint density at radius 2 is 1.86 bits per heavy atom. The van der Waals surface area contributed by atoms with Gasteiger partial charge in [0.05, 0.1) is 16.5 Å². The Morgan fingerprint density at radius 1 is 1.23 bits per heavy atom. The molecule has 0 N–H and O–H groups in total. The van der Waals surface area contributed by atoms with Crippen molar-refractivity contribution < 1.29 is 24.0 Å². The van der Waals surface area contributed by atoms with Crippen LogP contribution < -0.4 is 4.74 Å². The predicted octanol–water partition coefficient (Wildman–Crippen LogP) is 2.76. The van der Waals surface area contributed by atoms with Gasteiger partial charge in [-0.15, -0.1) is 5.06 Å². The van der Waals surface area contributed by atoms with Crippen LogP contribution in [0.5, 0.6) is 5.75 Å². The molecule has 2 amide bonds. The van der Waals surface area contributed by atoms with Gasteiger partial charge in [-0.25, -0.2) is 4.79 Å². The quantitative estimate of drug-likeness (QED) is 0.767. The molecule has 1 fully saturated rings. The first-order valence-corrected chi connectivity index (χ1v) is 7.30. The van der Waals surface area contributed by atoms with E-state index in [9.17, 15) is 14.4 Å². The molecule has 1 aromatic rings. The van der Waals surface area contributed by atoms with Crippen LogP contribution in [0.15, 0.2) is 18.2 Å². The van der Waals surface area contributed by atoms with Crippen LogP contribution in [-0.4, -0.2) is 29.0 Å². The number of amides is 2. The molecule has 1 saturated heterocycles. The van der Waals surface area contributed by atoms with Crippen molar-refractivity contribution in [3.63, 3.8) is 0 Å². The van der Waals surface area contributed by atoms with E-state index in [0.717, 1.165) is 0 Å². The summed E-state index contributed by atoms with van der Waals surface area (Å²) in [5, 5.41) is 1.24. The molecule has 0 saturated carbocycles. The molecular weight excluding hydrogens is 333 g/mol. The second kappa shape index (κ2) is 6.98. The topological polar surface area (TPSA) is 72.9 Å². The van der Waals surface area contributed by atoms with Crippen molar-refractivity contribution in [2.24, 2.45) is 0 Å². The zero-order valence-corrected chi connectivity index (χ0v) is 13.2. The van der Waals surface area contributed by atoms with E-state index < -0.39 is 23.9 Å². The van der Waals surface area contributed by atoms with E-state index in [1.165, 1.54) is 6.07 Å². The van der Waals surface area contributed by atoms with Gasteiger partial charge in [-0.05, 0) is 19.1 Å². The van der Waals surface area contributed by atoms with E-state index in [-0.39, 0.29) is 19.3 Å². The second-order valence-electron chi connectivity index (χ2n) is 4.75. The molecule has 1 aliphatic rings. The maximum atomic E-state index is 11.7. The second-order valence-corrected chi connectivity index (χ2v) is 5.57. The summed E-state index contributed by atoms with van der Waals surface area (Å²) in [5.41, 5.74) is 0. The van der Waals surface area contributed by atoms with E-state index in [4.69, 9.17) is 32.8 Å². The van der Waals surface area contributed by atoms with Crippen molar-refractivity contribution in [3.8, 4) is 5.75 Å². The molecule has 1 aliphatic heterocycles. The molecule has 0 aliphatic carbocycles. The lowest BCUT2D eigenvalue weighted by Crippen LogP contribution is -2.33. The standard InChI is InChI=1S/C14H13Cl2NO5/c1-8(21-9-2-3-10(15)11(16)7-9)6-14(20)22-17-12(18)4-5-13(17)19/h2-3,7-8H,4-6H2,1H3/t8-/m0/s1. The Hall–Kier alpha value is -1.79. The largest absolute Gasteiger partial charge is 0.490 e. The fourth-order valence-electron chi connectivity index (χ4n) is 1.86. The number of carbonyl (C=O) groups excluding carboxylic acids is 3.